The largest absolute Gasteiger partial charge is 0.326 e. The number of halogens is 1. The number of carbonyl (C=O) groups is 1. The molecule has 0 spiro atoms. The molecule has 0 aliphatic carbocycles. The van der Waals surface area contributed by atoms with E-state index in [1.165, 1.54) is 18.5 Å². The minimum absolute atomic E-state index is 0.121. The van der Waals surface area contributed by atoms with E-state index < -0.39 is 0 Å². The zero-order chi connectivity index (χ0) is 16.1. The Morgan fingerprint density at radius 2 is 2.04 bits per heavy atom. The van der Waals surface area contributed by atoms with Crippen molar-refractivity contribution in [1.29, 1.82) is 0 Å². The Morgan fingerprint density at radius 3 is 2.83 bits per heavy atom. The highest BCUT2D eigenvalue weighted by Crippen LogP contribution is 2.19. The molecule has 2 N–H and O–H groups in total. The van der Waals surface area contributed by atoms with Crippen molar-refractivity contribution in [2.45, 2.75) is 12.8 Å². The first-order valence-corrected chi connectivity index (χ1v) is 7.21. The molecular weight excluding hydrogens is 295 g/mol. The van der Waals surface area contributed by atoms with Gasteiger partial charge in [0.25, 0.3) is 0 Å². The van der Waals surface area contributed by atoms with Crippen LogP contribution in [0.1, 0.15) is 12.0 Å². The fourth-order valence-electron chi connectivity index (χ4n) is 2.26. The van der Waals surface area contributed by atoms with Crippen molar-refractivity contribution in [1.82, 2.24) is 15.2 Å². The van der Waals surface area contributed by atoms with Gasteiger partial charge in [0, 0.05) is 17.7 Å². The summed E-state index contributed by atoms with van der Waals surface area (Å²) in [6.45, 7) is 0. The van der Waals surface area contributed by atoms with Gasteiger partial charge in [-0.05, 0) is 36.2 Å². The second kappa shape index (κ2) is 6.83. The number of aromatic nitrogens is 3. The van der Waals surface area contributed by atoms with Crippen molar-refractivity contribution in [3.8, 4) is 11.4 Å². The molecule has 0 fully saturated rings. The molecule has 23 heavy (non-hydrogen) atoms. The Labute approximate surface area is 132 Å². The van der Waals surface area contributed by atoms with Crippen LogP contribution < -0.4 is 5.32 Å². The summed E-state index contributed by atoms with van der Waals surface area (Å²) in [6, 6.07) is 13.6. The topological polar surface area (TPSA) is 70.7 Å². The second-order valence-electron chi connectivity index (χ2n) is 5.09. The number of hydrogen-bond donors (Lipinski definition) is 2. The van der Waals surface area contributed by atoms with Gasteiger partial charge in [0.1, 0.15) is 12.1 Å². The predicted molar refractivity (Wildman–Crippen MR) is 85.2 cm³/mol. The van der Waals surface area contributed by atoms with E-state index in [0.717, 1.165) is 11.1 Å². The number of amides is 1. The summed E-state index contributed by atoms with van der Waals surface area (Å²) in [6.07, 6.45) is 2.21. The fraction of sp³-hybridized carbons (Fsp3) is 0.118. The number of aryl methyl sites for hydroxylation is 1. The molecule has 0 aliphatic heterocycles. The van der Waals surface area contributed by atoms with E-state index in [1.807, 2.05) is 18.2 Å². The van der Waals surface area contributed by atoms with Gasteiger partial charge in [-0.15, -0.1) is 0 Å². The lowest BCUT2D eigenvalue weighted by atomic mass is 10.1. The average molecular weight is 310 g/mol. The van der Waals surface area contributed by atoms with E-state index in [9.17, 15) is 9.18 Å². The monoisotopic (exact) mass is 310 g/mol. The maximum Gasteiger partial charge on any atom is 0.224 e. The first-order valence-electron chi connectivity index (χ1n) is 7.21. The van der Waals surface area contributed by atoms with Crippen LogP contribution in [-0.2, 0) is 11.2 Å². The predicted octanol–water partition coefficient (Wildman–Crippen LogP) is 3.18. The Kier molecular flexibility index (Phi) is 4.42. The minimum atomic E-state index is -0.289. The number of anilines is 1. The number of rotatable bonds is 5. The Balaban J connectivity index is 1.61. The summed E-state index contributed by atoms with van der Waals surface area (Å²) < 4.78 is 13.1. The van der Waals surface area contributed by atoms with Gasteiger partial charge in [0.2, 0.25) is 5.91 Å². The summed E-state index contributed by atoms with van der Waals surface area (Å²) in [5.74, 6) is 0.229. The summed E-state index contributed by atoms with van der Waals surface area (Å²) in [5.41, 5.74) is 2.32. The number of carbonyl (C=O) groups excluding carboxylic acids is 1. The van der Waals surface area contributed by atoms with Gasteiger partial charge >= 0.3 is 0 Å². The molecule has 0 aliphatic rings. The normalized spacial score (nSPS) is 10.5. The molecule has 0 radical (unpaired) electrons. The van der Waals surface area contributed by atoms with Crippen molar-refractivity contribution < 1.29 is 9.18 Å². The van der Waals surface area contributed by atoms with Crippen LogP contribution in [0.4, 0.5) is 10.1 Å². The van der Waals surface area contributed by atoms with Gasteiger partial charge in [-0.25, -0.2) is 9.37 Å². The molecule has 116 valence electrons. The SMILES string of the molecule is O=C(CCc1cccc(F)c1)Nc1cccc(-c2ncn[nH]2)c1. The summed E-state index contributed by atoms with van der Waals surface area (Å²) in [4.78, 5) is 16.1. The van der Waals surface area contributed by atoms with E-state index >= 15 is 0 Å². The van der Waals surface area contributed by atoms with Crippen LogP contribution in [0, 0.1) is 5.82 Å². The fourth-order valence-corrected chi connectivity index (χ4v) is 2.26. The van der Waals surface area contributed by atoms with Crippen molar-refractivity contribution in [2.24, 2.45) is 0 Å². The summed E-state index contributed by atoms with van der Waals surface area (Å²) in [7, 11) is 0. The minimum Gasteiger partial charge on any atom is -0.326 e. The summed E-state index contributed by atoms with van der Waals surface area (Å²) in [5, 5.41) is 9.42. The van der Waals surface area contributed by atoms with Gasteiger partial charge in [0.05, 0.1) is 0 Å². The van der Waals surface area contributed by atoms with E-state index in [0.29, 0.717) is 17.9 Å². The highest BCUT2D eigenvalue weighted by atomic mass is 19.1. The zero-order valence-corrected chi connectivity index (χ0v) is 12.3. The molecule has 3 rings (SSSR count). The maximum atomic E-state index is 13.1. The Bertz CT molecular complexity index is 802. The van der Waals surface area contributed by atoms with Gasteiger partial charge in [-0.2, -0.15) is 5.10 Å². The van der Waals surface area contributed by atoms with E-state index in [1.54, 1.807) is 18.2 Å². The highest BCUT2D eigenvalue weighted by molar-refractivity contribution is 5.91. The molecule has 0 unspecified atom stereocenters. The average Bonchev–Trinajstić information content (AvgIpc) is 3.08. The smallest absolute Gasteiger partial charge is 0.224 e. The third-order valence-corrected chi connectivity index (χ3v) is 3.36. The molecule has 2 aromatic carbocycles. The number of benzene rings is 2. The van der Waals surface area contributed by atoms with Crippen LogP contribution in [0.2, 0.25) is 0 Å². The van der Waals surface area contributed by atoms with Crippen LogP contribution in [0.25, 0.3) is 11.4 Å². The maximum absolute atomic E-state index is 13.1. The Hall–Kier alpha value is -3.02. The van der Waals surface area contributed by atoms with Crippen molar-refractivity contribution >= 4 is 11.6 Å². The third kappa shape index (κ3) is 4.00. The first kappa shape index (κ1) is 14.9. The number of nitrogens with one attached hydrogen (secondary N) is 2. The lowest BCUT2D eigenvalue weighted by Crippen LogP contribution is -2.12. The second-order valence-corrected chi connectivity index (χ2v) is 5.09. The van der Waals surface area contributed by atoms with E-state index in [2.05, 4.69) is 20.5 Å². The number of H-pyrrole nitrogens is 1. The molecule has 3 aromatic rings. The number of aromatic amines is 1. The quantitative estimate of drug-likeness (QED) is 0.760. The molecular formula is C17H15FN4O. The molecule has 5 nitrogen and oxygen atoms in total. The molecule has 0 saturated heterocycles. The van der Waals surface area contributed by atoms with E-state index in [-0.39, 0.29) is 18.1 Å². The zero-order valence-electron chi connectivity index (χ0n) is 12.3. The molecule has 1 aromatic heterocycles. The molecule has 1 amide bonds. The van der Waals surface area contributed by atoms with Gasteiger partial charge in [0.15, 0.2) is 5.82 Å². The highest BCUT2D eigenvalue weighted by Gasteiger charge is 2.06. The Morgan fingerprint density at radius 1 is 1.17 bits per heavy atom. The molecule has 0 bridgehead atoms. The number of nitrogens with zero attached hydrogens (tertiary/aromatic N) is 2. The van der Waals surface area contributed by atoms with Gasteiger partial charge in [-0.3, -0.25) is 9.89 Å². The molecule has 0 atom stereocenters. The van der Waals surface area contributed by atoms with Crippen LogP contribution >= 0.6 is 0 Å². The lowest BCUT2D eigenvalue weighted by Gasteiger charge is -2.07. The van der Waals surface area contributed by atoms with E-state index in [4.69, 9.17) is 0 Å². The summed E-state index contributed by atoms with van der Waals surface area (Å²) >= 11 is 0. The van der Waals surface area contributed by atoms with Crippen LogP contribution in [-0.4, -0.2) is 21.1 Å². The third-order valence-electron chi connectivity index (χ3n) is 3.36. The number of hydrogen-bond acceptors (Lipinski definition) is 3. The van der Waals surface area contributed by atoms with Crippen LogP contribution in [0.3, 0.4) is 0 Å². The lowest BCUT2D eigenvalue weighted by molar-refractivity contribution is -0.116. The first-order chi connectivity index (χ1) is 11.2. The standard InChI is InChI=1S/C17H15FN4O/c18-14-5-1-3-12(9-14)7-8-16(23)21-15-6-2-4-13(10-15)17-19-11-20-22-17/h1-6,9-11H,7-8H2,(H,21,23)(H,19,20,22). The molecule has 1 heterocycles. The van der Waals surface area contributed by atoms with Gasteiger partial charge in [-0.1, -0.05) is 24.3 Å². The van der Waals surface area contributed by atoms with Crippen LogP contribution in [0.5, 0.6) is 0 Å². The van der Waals surface area contributed by atoms with Crippen molar-refractivity contribution in [3.63, 3.8) is 0 Å². The van der Waals surface area contributed by atoms with Crippen LogP contribution in [0.15, 0.2) is 54.9 Å². The van der Waals surface area contributed by atoms with Crippen molar-refractivity contribution in [3.05, 3.63) is 66.2 Å². The van der Waals surface area contributed by atoms with Gasteiger partial charge < -0.3 is 5.32 Å². The molecule has 6 heteroatoms. The molecule has 0 saturated carbocycles. The van der Waals surface area contributed by atoms with Crippen molar-refractivity contribution in [2.75, 3.05) is 5.32 Å².